The Kier molecular flexibility index (Phi) is 7.82. The van der Waals surface area contributed by atoms with Crippen LogP contribution in [0.4, 0.5) is 0 Å². The molecule has 1 amide bonds. The van der Waals surface area contributed by atoms with Gasteiger partial charge in [-0.25, -0.2) is 0 Å². The number of piperidine rings is 1. The molecule has 1 aromatic rings. The molecule has 6 heteroatoms. The fourth-order valence-corrected chi connectivity index (χ4v) is 3.02. The molecule has 1 heterocycles. The van der Waals surface area contributed by atoms with E-state index < -0.39 is 0 Å². The predicted molar refractivity (Wildman–Crippen MR) is 90.4 cm³/mol. The molecule has 2 rings (SSSR count). The van der Waals surface area contributed by atoms with Gasteiger partial charge in [0.1, 0.15) is 0 Å². The van der Waals surface area contributed by atoms with E-state index in [0.717, 1.165) is 31.5 Å². The number of amides is 1. The lowest BCUT2D eigenvalue weighted by atomic mass is 9.94. The van der Waals surface area contributed by atoms with Crippen molar-refractivity contribution in [3.05, 3.63) is 33.8 Å². The molecular weight excluding hydrogens is 331 g/mol. The molecule has 1 unspecified atom stereocenters. The monoisotopic (exact) mass is 350 g/mol. The number of likely N-dealkylation sites (tertiary alicyclic amines) is 1. The van der Waals surface area contributed by atoms with Crippen molar-refractivity contribution in [2.75, 3.05) is 19.6 Å². The second-order valence-corrected chi connectivity index (χ2v) is 6.16. The fourth-order valence-electron chi connectivity index (χ4n) is 2.70. The lowest BCUT2D eigenvalue weighted by molar-refractivity contribution is -0.132. The van der Waals surface area contributed by atoms with Gasteiger partial charge in [-0.3, -0.25) is 4.79 Å². The summed E-state index contributed by atoms with van der Waals surface area (Å²) in [6.45, 7) is 2.37. The summed E-state index contributed by atoms with van der Waals surface area (Å²) in [6, 6.07) is 5.36. The van der Waals surface area contributed by atoms with Gasteiger partial charge < -0.3 is 10.6 Å². The molecule has 2 N–H and O–H groups in total. The van der Waals surface area contributed by atoms with Crippen LogP contribution in [0.2, 0.25) is 10.0 Å². The van der Waals surface area contributed by atoms with Crippen molar-refractivity contribution in [2.24, 2.45) is 11.7 Å². The molecule has 1 aliphatic heterocycles. The third-order valence-electron chi connectivity index (χ3n) is 3.79. The van der Waals surface area contributed by atoms with E-state index in [1.807, 2.05) is 11.0 Å². The zero-order valence-corrected chi connectivity index (χ0v) is 14.2. The number of nitrogens with two attached hydrogens (primary N) is 1. The summed E-state index contributed by atoms with van der Waals surface area (Å²) in [4.78, 5) is 14.3. The van der Waals surface area contributed by atoms with Crippen LogP contribution in [-0.2, 0) is 11.2 Å². The zero-order valence-electron chi connectivity index (χ0n) is 11.9. The molecule has 1 fully saturated rings. The highest BCUT2D eigenvalue weighted by atomic mass is 35.5. The summed E-state index contributed by atoms with van der Waals surface area (Å²) in [5.41, 5.74) is 6.51. The van der Waals surface area contributed by atoms with Gasteiger partial charge in [0.2, 0.25) is 5.91 Å². The number of rotatable bonds is 4. The summed E-state index contributed by atoms with van der Waals surface area (Å²) in [5.74, 6) is 0.705. The molecule has 118 valence electrons. The van der Waals surface area contributed by atoms with Crippen LogP contribution in [0.5, 0.6) is 0 Å². The van der Waals surface area contributed by atoms with Crippen LogP contribution in [-0.4, -0.2) is 30.4 Å². The van der Waals surface area contributed by atoms with Gasteiger partial charge in [-0.1, -0.05) is 29.3 Å². The van der Waals surface area contributed by atoms with Crippen molar-refractivity contribution in [3.63, 3.8) is 0 Å². The number of hydrogen-bond acceptors (Lipinski definition) is 2. The Bertz CT molecular complexity index is 480. The number of carbonyl (C=O) groups is 1. The largest absolute Gasteiger partial charge is 0.342 e. The lowest BCUT2D eigenvalue weighted by Crippen LogP contribution is -2.41. The number of nitrogens with zero attached hydrogens (tertiary/aromatic N) is 1. The van der Waals surface area contributed by atoms with Crippen LogP contribution in [0.15, 0.2) is 18.2 Å². The Morgan fingerprint density at radius 3 is 2.76 bits per heavy atom. The predicted octanol–water partition coefficient (Wildman–Crippen LogP) is 3.55. The smallest absolute Gasteiger partial charge is 0.226 e. The lowest BCUT2D eigenvalue weighted by Gasteiger charge is -2.32. The van der Waals surface area contributed by atoms with Crippen molar-refractivity contribution < 1.29 is 4.79 Å². The first kappa shape index (κ1) is 18.6. The quantitative estimate of drug-likeness (QED) is 0.901. The van der Waals surface area contributed by atoms with E-state index in [1.54, 1.807) is 12.1 Å². The molecular formula is C15H21Cl3N2O. The molecule has 0 spiro atoms. The number of carbonyl (C=O) groups excluding carboxylic acids is 1. The summed E-state index contributed by atoms with van der Waals surface area (Å²) in [7, 11) is 0. The van der Waals surface area contributed by atoms with E-state index >= 15 is 0 Å². The van der Waals surface area contributed by atoms with E-state index in [4.69, 9.17) is 28.9 Å². The molecule has 0 aromatic heterocycles. The van der Waals surface area contributed by atoms with E-state index in [9.17, 15) is 4.79 Å². The minimum Gasteiger partial charge on any atom is -0.342 e. The van der Waals surface area contributed by atoms with Gasteiger partial charge in [-0.15, -0.1) is 12.4 Å². The maximum Gasteiger partial charge on any atom is 0.226 e. The van der Waals surface area contributed by atoms with Crippen molar-refractivity contribution in [1.29, 1.82) is 0 Å². The van der Waals surface area contributed by atoms with Gasteiger partial charge >= 0.3 is 0 Å². The summed E-state index contributed by atoms with van der Waals surface area (Å²) in [5, 5.41) is 1.01. The number of benzene rings is 1. The van der Waals surface area contributed by atoms with Crippen LogP contribution in [0.3, 0.4) is 0 Å². The van der Waals surface area contributed by atoms with Crippen LogP contribution >= 0.6 is 35.6 Å². The SMILES string of the molecule is Cl.NCCC1CCCN(C(=O)Cc2ccc(Cl)c(Cl)c2)C1. The van der Waals surface area contributed by atoms with Crippen LogP contribution in [0.1, 0.15) is 24.8 Å². The van der Waals surface area contributed by atoms with Gasteiger partial charge in [0.05, 0.1) is 16.5 Å². The standard InChI is InChI=1S/C15H20Cl2N2O.ClH/c16-13-4-3-12(8-14(13)17)9-15(20)19-7-1-2-11(10-19)5-6-18;/h3-4,8,11H,1-2,5-7,9-10,18H2;1H. The Labute approximate surface area is 142 Å². The number of hydrogen-bond donors (Lipinski definition) is 1. The van der Waals surface area contributed by atoms with Crippen molar-refractivity contribution in [2.45, 2.75) is 25.7 Å². The summed E-state index contributed by atoms with van der Waals surface area (Å²) in [6.07, 6.45) is 3.62. The molecule has 3 nitrogen and oxygen atoms in total. The first-order chi connectivity index (χ1) is 9.60. The molecule has 21 heavy (non-hydrogen) atoms. The van der Waals surface area contributed by atoms with Gasteiger partial charge in [-0.05, 0) is 49.4 Å². The van der Waals surface area contributed by atoms with E-state index in [-0.39, 0.29) is 18.3 Å². The number of halogens is 3. The maximum absolute atomic E-state index is 12.3. The zero-order chi connectivity index (χ0) is 14.5. The Morgan fingerprint density at radius 2 is 2.10 bits per heavy atom. The fraction of sp³-hybridized carbons (Fsp3) is 0.533. The van der Waals surface area contributed by atoms with Crippen molar-refractivity contribution in [1.82, 2.24) is 4.90 Å². The van der Waals surface area contributed by atoms with Gasteiger partial charge in [0.15, 0.2) is 0 Å². The third-order valence-corrected chi connectivity index (χ3v) is 4.53. The first-order valence-electron chi connectivity index (χ1n) is 7.02. The molecule has 1 aliphatic rings. The van der Waals surface area contributed by atoms with E-state index in [1.165, 1.54) is 6.42 Å². The summed E-state index contributed by atoms with van der Waals surface area (Å²) < 4.78 is 0. The molecule has 1 atom stereocenters. The summed E-state index contributed by atoms with van der Waals surface area (Å²) >= 11 is 11.9. The third kappa shape index (κ3) is 5.33. The average molecular weight is 352 g/mol. The van der Waals surface area contributed by atoms with E-state index in [0.29, 0.717) is 28.9 Å². The molecule has 0 saturated carbocycles. The minimum atomic E-state index is 0. The van der Waals surface area contributed by atoms with Crippen LogP contribution in [0, 0.1) is 5.92 Å². The van der Waals surface area contributed by atoms with Crippen LogP contribution in [0.25, 0.3) is 0 Å². The molecule has 0 bridgehead atoms. The van der Waals surface area contributed by atoms with Crippen molar-refractivity contribution >= 4 is 41.5 Å². The Hall–Kier alpha value is -0.480. The van der Waals surface area contributed by atoms with Crippen molar-refractivity contribution in [3.8, 4) is 0 Å². The first-order valence-corrected chi connectivity index (χ1v) is 7.77. The molecule has 0 aliphatic carbocycles. The maximum atomic E-state index is 12.3. The highest BCUT2D eigenvalue weighted by molar-refractivity contribution is 6.42. The molecule has 1 saturated heterocycles. The highest BCUT2D eigenvalue weighted by Crippen LogP contribution is 2.24. The van der Waals surface area contributed by atoms with Gasteiger partial charge in [-0.2, -0.15) is 0 Å². The minimum absolute atomic E-state index is 0. The second kappa shape index (κ2) is 8.84. The van der Waals surface area contributed by atoms with E-state index in [2.05, 4.69) is 0 Å². The Morgan fingerprint density at radius 1 is 1.33 bits per heavy atom. The topological polar surface area (TPSA) is 46.3 Å². The highest BCUT2D eigenvalue weighted by Gasteiger charge is 2.23. The Balaban J connectivity index is 0.00000220. The van der Waals surface area contributed by atoms with Gasteiger partial charge in [0, 0.05) is 13.1 Å². The normalized spacial score (nSPS) is 18.2. The second-order valence-electron chi connectivity index (χ2n) is 5.35. The van der Waals surface area contributed by atoms with Gasteiger partial charge in [0.25, 0.3) is 0 Å². The average Bonchev–Trinajstić information content (AvgIpc) is 2.43. The molecule has 1 aromatic carbocycles. The van der Waals surface area contributed by atoms with Crippen LogP contribution < -0.4 is 5.73 Å². The molecule has 0 radical (unpaired) electrons.